The number of rotatable bonds is 2. The molecule has 4 heteroatoms. The maximum Gasteiger partial charge on any atom is 0.418 e. The van der Waals surface area contributed by atoms with Crippen molar-refractivity contribution in [1.82, 2.24) is 0 Å². The molecule has 2 aromatic rings. The summed E-state index contributed by atoms with van der Waals surface area (Å²) in [4.78, 5) is 0. The molecule has 1 N–H and O–H groups in total. The Morgan fingerprint density at radius 3 is 2.32 bits per heavy atom. The average Bonchev–Trinajstić information content (AvgIpc) is 2.37. The van der Waals surface area contributed by atoms with Crippen LogP contribution in [0.2, 0.25) is 0 Å². The van der Waals surface area contributed by atoms with Crippen molar-refractivity contribution in [2.75, 3.05) is 0 Å². The number of alkyl halides is 3. The van der Waals surface area contributed by atoms with Gasteiger partial charge < -0.3 is 5.11 Å². The number of hydrogen-bond acceptors (Lipinski definition) is 1. The fourth-order valence-electron chi connectivity index (χ4n) is 1.96. The molecular formula is C15H13F3O. The number of hydrogen-bond donors (Lipinski definition) is 1. The third-order valence-corrected chi connectivity index (χ3v) is 2.97. The Balaban J connectivity index is 2.43. The number of aryl methyl sites for hydroxylation is 1. The molecule has 0 heterocycles. The summed E-state index contributed by atoms with van der Waals surface area (Å²) in [6.07, 6.45) is -7.10. The number of halogens is 3. The van der Waals surface area contributed by atoms with Crippen LogP contribution in [0, 0.1) is 6.92 Å². The van der Waals surface area contributed by atoms with E-state index >= 15 is 0 Å². The van der Waals surface area contributed by atoms with Crippen LogP contribution in [-0.2, 0) is 0 Å². The summed E-state index contributed by atoms with van der Waals surface area (Å²) in [6.45, 7) is 1.89. The van der Waals surface area contributed by atoms with Gasteiger partial charge in [-0.15, -0.1) is 0 Å². The molecule has 1 atom stereocenters. The Labute approximate surface area is 109 Å². The van der Waals surface area contributed by atoms with Crippen LogP contribution in [0.15, 0.2) is 48.5 Å². The Morgan fingerprint density at radius 1 is 1.00 bits per heavy atom. The zero-order valence-electron chi connectivity index (χ0n) is 10.3. The molecule has 0 saturated carbocycles. The lowest BCUT2D eigenvalue weighted by atomic mass is 9.97. The minimum Gasteiger partial charge on any atom is -0.379 e. The maximum absolute atomic E-state index is 12.5. The van der Waals surface area contributed by atoms with Crippen molar-refractivity contribution in [3.8, 4) is 11.1 Å². The van der Waals surface area contributed by atoms with Gasteiger partial charge >= 0.3 is 6.18 Å². The molecule has 100 valence electrons. The Hall–Kier alpha value is -1.81. The highest BCUT2D eigenvalue weighted by Gasteiger charge is 2.39. The second kappa shape index (κ2) is 5.05. The fourth-order valence-corrected chi connectivity index (χ4v) is 1.96. The third kappa shape index (κ3) is 2.96. The molecule has 0 aliphatic heterocycles. The summed E-state index contributed by atoms with van der Waals surface area (Å²) in [5, 5.41) is 9.27. The predicted octanol–water partition coefficient (Wildman–Crippen LogP) is 4.26. The lowest BCUT2D eigenvalue weighted by Gasteiger charge is -2.16. The van der Waals surface area contributed by atoms with Crippen LogP contribution in [0.4, 0.5) is 13.2 Å². The first-order valence-electron chi connectivity index (χ1n) is 5.80. The van der Waals surface area contributed by atoms with Crippen molar-refractivity contribution in [2.24, 2.45) is 0 Å². The molecule has 0 aliphatic rings. The number of benzene rings is 2. The Morgan fingerprint density at radius 2 is 1.68 bits per heavy atom. The largest absolute Gasteiger partial charge is 0.418 e. The van der Waals surface area contributed by atoms with E-state index in [9.17, 15) is 18.3 Å². The average molecular weight is 266 g/mol. The van der Waals surface area contributed by atoms with Crippen LogP contribution in [0.3, 0.4) is 0 Å². The van der Waals surface area contributed by atoms with E-state index in [-0.39, 0.29) is 5.56 Å². The first kappa shape index (κ1) is 13.6. The van der Waals surface area contributed by atoms with Crippen LogP contribution in [0.1, 0.15) is 17.2 Å². The van der Waals surface area contributed by atoms with E-state index < -0.39 is 12.3 Å². The summed E-state index contributed by atoms with van der Waals surface area (Å²) < 4.78 is 37.5. The van der Waals surface area contributed by atoms with Crippen LogP contribution < -0.4 is 0 Å². The van der Waals surface area contributed by atoms with Crippen LogP contribution in [0.25, 0.3) is 11.1 Å². The summed E-state index contributed by atoms with van der Waals surface area (Å²) in [6, 6.07) is 13.3. The van der Waals surface area contributed by atoms with E-state index in [2.05, 4.69) is 0 Å². The van der Waals surface area contributed by atoms with Crippen molar-refractivity contribution in [2.45, 2.75) is 19.2 Å². The van der Waals surface area contributed by atoms with Gasteiger partial charge in [-0.2, -0.15) is 13.2 Å². The fraction of sp³-hybridized carbons (Fsp3) is 0.200. The standard InChI is InChI=1S/C15H13F3O/c1-10-5-2-3-8-13(10)11-6-4-7-12(9-11)14(19)15(16,17)18/h2-9,14,19H,1H3/t14-/m1/s1. The second-order valence-electron chi connectivity index (χ2n) is 4.38. The molecule has 2 rings (SSSR count). The molecule has 0 fully saturated rings. The van der Waals surface area contributed by atoms with E-state index in [1.165, 1.54) is 18.2 Å². The highest BCUT2D eigenvalue weighted by atomic mass is 19.4. The molecule has 1 nitrogen and oxygen atoms in total. The first-order chi connectivity index (χ1) is 8.89. The zero-order chi connectivity index (χ0) is 14.0. The molecule has 0 unspecified atom stereocenters. The molecular weight excluding hydrogens is 253 g/mol. The highest BCUT2D eigenvalue weighted by molar-refractivity contribution is 5.67. The zero-order valence-corrected chi connectivity index (χ0v) is 10.3. The van der Waals surface area contributed by atoms with Crippen LogP contribution in [0.5, 0.6) is 0 Å². The molecule has 0 aliphatic carbocycles. The van der Waals surface area contributed by atoms with Crippen molar-refractivity contribution in [1.29, 1.82) is 0 Å². The van der Waals surface area contributed by atoms with Gasteiger partial charge in [-0.25, -0.2) is 0 Å². The summed E-state index contributed by atoms with van der Waals surface area (Å²) >= 11 is 0. The quantitative estimate of drug-likeness (QED) is 0.861. The molecule has 2 aromatic carbocycles. The summed E-state index contributed by atoms with van der Waals surface area (Å²) in [5.41, 5.74) is 2.35. The van der Waals surface area contributed by atoms with Gasteiger partial charge in [0.1, 0.15) is 0 Å². The number of aliphatic hydroxyl groups excluding tert-OH is 1. The summed E-state index contributed by atoms with van der Waals surface area (Å²) in [7, 11) is 0. The van der Waals surface area contributed by atoms with Crippen molar-refractivity contribution in [3.63, 3.8) is 0 Å². The van der Waals surface area contributed by atoms with E-state index in [0.717, 1.165) is 11.1 Å². The Bertz CT molecular complexity index is 576. The molecule has 0 saturated heterocycles. The van der Waals surface area contributed by atoms with Crippen LogP contribution >= 0.6 is 0 Å². The lowest BCUT2D eigenvalue weighted by molar-refractivity contribution is -0.206. The molecule has 0 bridgehead atoms. The normalized spacial score (nSPS) is 13.3. The van der Waals surface area contributed by atoms with Gasteiger partial charge in [-0.05, 0) is 35.2 Å². The molecule has 0 radical (unpaired) electrons. The van der Waals surface area contributed by atoms with Crippen LogP contribution in [-0.4, -0.2) is 11.3 Å². The lowest BCUT2D eigenvalue weighted by Crippen LogP contribution is -2.20. The van der Waals surface area contributed by atoms with Gasteiger partial charge in [0.15, 0.2) is 6.10 Å². The van der Waals surface area contributed by atoms with Crippen molar-refractivity contribution >= 4 is 0 Å². The van der Waals surface area contributed by atoms with Gasteiger partial charge in [-0.3, -0.25) is 0 Å². The molecule has 0 spiro atoms. The Kier molecular flexibility index (Phi) is 3.62. The topological polar surface area (TPSA) is 20.2 Å². The minimum absolute atomic E-state index is 0.145. The van der Waals surface area contributed by atoms with Gasteiger partial charge in [0.25, 0.3) is 0 Å². The molecule has 0 aromatic heterocycles. The van der Waals surface area contributed by atoms with E-state index in [1.54, 1.807) is 6.07 Å². The van der Waals surface area contributed by atoms with Gasteiger partial charge in [0.05, 0.1) is 0 Å². The van der Waals surface area contributed by atoms with Gasteiger partial charge in [-0.1, -0.05) is 42.5 Å². The summed E-state index contributed by atoms with van der Waals surface area (Å²) in [5.74, 6) is 0. The number of aliphatic hydroxyl groups is 1. The third-order valence-electron chi connectivity index (χ3n) is 2.97. The smallest absolute Gasteiger partial charge is 0.379 e. The van der Waals surface area contributed by atoms with E-state index in [1.807, 2.05) is 31.2 Å². The highest BCUT2D eigenvalue weighted by Crippen LogP contribution is 2.34. The minimum atomic E-state index is -4.65. The predicted molar refractivity (Wildman–Crippen MR) is 67.6 cm³/mol. The van der Waals surface area contributed by atoms with E-state index in [0.29, 0.717) is 5.56 Å². The maximum atomic E-state index is 12.5. The molecule has 0 amide bonds. The first-order valence-corrected chi connectivity index (χ1v) is 5.80. The van der Waals surface area contributed by atoms with Crippen molar-refractivity contribution < 1.29 is 18.3 Å². The monoisotopic (exact) mass is 266 g/mol. The van der Waals surface area contributed by atoms with Crippen molar-refractivity contribution in [3.05, 3.63) is 59.7 Å². The van der Waals surface area contributed by atoms with Gasteiger partial charge in [0, 0.05) is 0 Å². The SMILES string of the molecule is Cc1ccccc1-c1cccc([C@@H](O)C(F)(F)F)c1. The molecule has 19 heavy (non-hydrogen) atoms. The van der Waals surface area contributed by atoms with Gasteiger partial charge in [0.2, 0.25) is 0 Å². The van der Waals surface area contributed by atoms with E-state index in [4.69, 9.17) is 0 Å². The second-order valence-corrected chi connectivity index (χ2v) is 4.38.